The Morgan fingerprint density at radius 3 is 2.67 bits per heavy atom. The van der Waals surface area contributed by atoms with Crippen LogP contribution >= 0.6 is 0 Å². The summed E-state index contributed by atoms with van der Waals surface area (Å²) in [6.07, 6.45) is 4.74. The quantitative estimate of drug-likeness (QED) is 0.683. The molecule has 76 valence electrons. The number of rotatable bonds is 2. The fourth-order valence-corrected chi connectivity index (χ4v) is 1.42. The Morgan fingerprint density at radius 2 is 2.07 bits per heavy atom. The summed E-state index contributed by atoms with van der Waals surface area (Å²) in [7, 11) is 0. The zero-order chi connectivity index (χ0) is 10.8. The van der Waals surface area contributed by atoms with Crippen molar-refractivity contribution in [2.75, 3.05) is 0 Å². The number of carbonyl (C=O) groups is 1. The summed E-state index contributed by atoms with van der Waals surface area (Å²) in [5.41, 5.74) is 0.254. The SMILES string of the molecule is O=C(O)c1c(-c2cc[nH]c2)cc[nH]c1=O. The van der Waals surface area contributed by atoms with E-state index < -0.39 is 11.5 Å². The van der Waals surface area contributed by atoms with Gasteiger partial charge in [-0.05, 0) is 12.1 Å². The molecule has 0 aliphatic rings. The number of nitrogens with one attached hydrogen (secondary N) is 2. The first-order valence-electron chi connectivity index (χ1n) is 4.28. The maximum absolute atomic E-state index is 11.3. The molecule has 15 heavy (non-hydrogen) atoms. The third kappa shape index (κ3) is 1.54. The number of carboxylic acid groups (broad SMARTS) is 1. The van der Waals surface area contributed by atoms with E-state index in [9.17, 15) is 9.59 Å². The van der Waals surface area contributed by atoms with Crippen molar-refractivity contribution in [2.45, 2.75) is 0 Å². The van der Waals surface area contributed by atoms with E-state index in [4.69, 9.17) is 5.11 Å². The Morgan fingerprint density at radius 1 is 1.27 bits per heavy atom. The van der Waals surface area contributed by atoms with Gasteiger partial charge in [0.2, 0.25) is 0 Å². The molecule has 0 saturated carbocycles. The second-order valence-electron chi connectivity index (χ2n) is 3.00. The second-order valence-corrected chi connectivity index (χ2v) is 3.00. The molecule has 5 nitrogen and oxygen atoms in total. The van der Waals surface area contributed by atoms with Gasteiger partial charge in [0.15, 0.2) is 0 Å². The van der Waals surface area contributed by atoms with Crippen LogP contribution in [0.3, 0.4) is 0 Å². The average molecular weight is 204 g/mol. The topological polar surface area (TPSA) is 85.9 Å². The number of H-pyrrole nitrogens is 2. The van der Waals surface area contributed by atoms with Gasteiger partial charge < -0.3 is 15.1 Å². The Kier molecular flexibility index (Phi) is 2.13. The second kappa shape index (κ2) is 3.45. The molecule has 5 heteroatoms. The summed E-state index contributed by atoms with van der Waals surface area (Å²) in [5, 5.41) is 8.92. The molecule has 0 fully saturated rings. The highest BCUT2D eigenvalue weighted by Gasteiger charge is 2.15. The number of aromatic amines is 2. The smallest absolute Gasteiger partial charge is 0.341 e. The van der Waals surface area contributed by atoms with E-state index in [1.807, 2.05) is 0 Å². The summed E-state index contributed by atoms with van der Waals surface area (Å²) in [5.74, 6) is -1.23. The number of hydrogen-bond acceptors (Lipinski definition) is 2. The molecule has 0 aliphatic heterocycles. The van der Waals surface area contributed by atoms with Gasteiger partial charge in [0.05, 0.1) is 0 Å². The summed E-state index contributed by atoms with van der Waals surface area (Å²) >= 11 is 0. The van der Waals surface area contributed by atoms with Crippen molar-refractivity contribution in [2.24, 2.45) is 0 Å². The van der Waals surface area contributed by atoms with E-state index in [0.717, 1.165) is 0 Å². The molecule has 2 rings (SSSR count). The fraction of sp³-hybridized carbons (Fsp3) is 0. The van der Waals surface area contributed by atoms with Gasteiger partial charge in [-0.2, -0.15) is 0 Å². The monoisotopic (exact) mass is 204 g/mol. The van der Waals surface area contributed by atoms with Crippen LogP contribution in [0.4, 0.5) is 0 Å². The minimum absolute atomic E-state index is 0.239. The molecular weight excluding hydrogens is 196 g/mol. The van der Waals surface area contributed by atoms with Crippen molar-refractivity contribution in [1.29, 1.82) is 0 Å². The summed E-state index contributed by atoms with van der Waals surface area (Å²) in [6, 6.07) is 3.27. The van der Waals surface area contributed by atoms with Gasteiger partial charge in [0.1, 0.15) is 5.56 Å². The van der Waals surface area contributed by atoms with Gasteiger partial charge in [0, 0.05) is 29.7 Å². The van der Waals surface area contributed by atoms with Crippen LogP contribution in [-0.4, -0.2) is 21.0 Å². The predicted octanol–water partition coefficient (Wildman–Crippen LogP) is 1.07. The van der Waals surface area contributed by atoms with E-state index in [2.05, 4.69) is 9.97 Å². The number of aromatic carboxylic acids is 1. The lowest BCUT2D eigenvalue weighted by molar-refractivity contribution is 0.0696. The first-order chi connectivity index (χ1) is 7.20. The molecule has 0 bridgehead atoms. The summed E-state index contributed by atoms with van der Waals surface area (Å²) in [4.78, 5) is 27.4. The van der Waals surface area contributed by atoms with Gasteiger partial charge in [-0.1, -0.05) is 0 Å². The zero-order valence-electron chi connectivity index (χ0n) is 7.65. The molecule has 2 heterocycles. The van der Waals surface area contributed by atoms with Gasteiger partial charge in [-0.15, -0.1) is 0 Å². The largest absolute Gasteiger partial charge is 0.477 e. The lowest BCUT2D eigenvalue weighted by Crippen LogP contribution is -2.18. The van der Waals surface area contributed by atoms with Crippen LogP contribution in [0, 0.1) is 0 Å². The number of pyridine rings is 1. The molecule has 0 aromatic carbocycles. The molecule has 0 radical (unpaired) electrons. The van der Waals surface area contributed by atoms with Crippen molar-refractivity contribution >= 4 is 5.97 Å². The van der Waals surface area contributed by atoms with Crippen LogP contribution in [0.5, 0.6) is 0 Å². The maximum atomic E-state index is 11.3. The Balaban J connectivity index is 2.72. The average Bonchev–Trinajstić information content (AvgIpc) is 2.69. The maximum Gasteiger partial charge on any atom is 0.341 e. The molecular formula is C10H8N2O3. The highest BCUT2D eigenvalue weighted by Crippen LogP contribution is 2.19. The van der Waals surface area contributed by atoms with Crippen LogP contribution in [0.25, 0.3) is 11.1 Å². The zero-order valence-corrected chi connectivity index (χ0v) is 7.65. The van der Waals surface area contributed by atoms with Crippen LogP contribution in [0.1, 0.15) is 10.4 Å². The van der Waals surface area contributed by atoms with Crippen molar-refractivity contribution in [3.05, 3.63) is 46.6 Å². The number of hydrogen-bond donors (Lipinski definition) is 3. The van der Waals surface area contributed by atoms with E-state index in [1.165, 1.54) is 6.20 Å². The minimum Gasteiger partial charge on any atom is -0.477 e. The standard InChI is InChI=1S/C10H8N2O3/c13-9-8(10(14)15)7(2-4-12-9)6-1-3-11-5-6/h1-5,11H,(H,12,13)(H,14,15). The van der Waals surface area contributed by atoms with Gasteiger partial charge >= 0.3 is 5.97 Å². The molecule has 0 saturated heterocycles. The lowest BCUT2D eigenvalue weighted by atomic mass is 10.1. The van der Waals surface area contributed by atoms with Crippen LogP contribution in [0.15, 0.2) is 35.5 Å². The normalized spacial score (nSPS) is 10.1. The summed E-state index contributed by atoms with van der Waals surface area (Å²) in [6.45, 7) is 0. The first-order valence-corrected chi connectivity index (χ1v) is 4.28. The van der Waals surface area contributed by atoms with E-state index in [1.54, 1.807) is 24.5 Å². The molecule has 2 aromatic rings. The van der Waals surface area contributed by atoms with E-state index >= 15 is 0 Å². The predicted molar refractivity (Wildman–Crippen MR) is 53.8 cm³/mol. The van der Waals surface area contributed by atoms with Crippen molar-refractivity contribution in [1.82, 2.24) is 9.97 Å². The third-order valence-corrected chi connectivity index (χ3v) is 2.08. The Bertz CT molecular complexity index is 540. The van der Waals surface area contributed by atoms with Crippen LogP contribution in [0.2, 0.25) is 0 Å². The molecule has 0 atom stereocenters. The number of carboxylic acids is 1. The molecule has 0 amide bonds. The van der Waals surface area contributed by atoms with Gasteiger partial charge in [0.25, 0.3) is 5.56 Å². The molecule has 0 aliphatic carbocycles. The molecule has 3 N–H and O–H groups in total. The molecule has 0 spiro atoms. The molecule has 2 aromatic heterocycles. The Hall–Kier alpha value is -2.30. The van der Waals surface area contributed by atoms with E-state index in [0.29, 0.717) is 11.1 Å². The Labute approximate surface area is 84.4 Å². The fourth-order valence-electron chi connectivity index (χ4n) is 1.42. The number of aromatic nitrogens is 2. The summed E-state index contributed by atoms with van der Waals surface area (Å²) < 4.78 is 0. The van der Waals surface area contributed by atoms with Crippen molar-refractivity contribution in [3.8, 4) is 11.1 Å². The first kappa shape index (κ1) is 9.26. The van der Waals surface area contributed by atoms with Crippen molar-refractivity contribution < 1.29 is 9.90 Å². The van der Waals surface area contributed by atoms with Gasteiger partial charge in [-0.3, -0.25) is 4.79 Å². The lowest BCUT2D eigenvalue weighted by Gasteiger charge is -2.01. The van der Waals surface area contributed by atoms with Crippen LogP contribution < -0.4 is 5.56 Å². The van der Waals surface area contributed by atoms with E-state index in [-0.39, 0.29) is 5.56 Å². The van der Waals surface area contributed by atoms with Gasteiger partial charge in [-0.25, -0.2) is 4.79 Å². The van der Waals surface area contributed by atoms with Crippen molar-refractivity contribution in [3.63, 3.8) is 0 Å². The highest BCUT2D eigenvalue weighted by atomic mass is 16.4. The third-order valence-electron chi connectivity index (χ3n) is 2.08. The highest BCUT2D eigenvalue weighted by molar-refractivity contribution is 5.95. The molecule has 0 unspecified atom stereocenters. The minimum atomic E-state index is -1.23. The van der Waals surface area contributed by atoms with Crippen LogP contribution in [-0.2, 0) is 0 Å².